The smallest absolute Gasteiger partial charge is 0.119 e. The van der Waals surface area contributed by atoms with Crippen LogP contribution in [0.2, 0.25) is 0 Å². The van der Waals surface area contributed by atoms with Crippen molar-refractivity contribution >= 4 is 0 Å². The molecule has 2 aliphatic rings. The second-order valence-corrected chi connectivity index (χ2v) is 6.24. The first-order chi connectivity index (χ1) is 10.8. The van der Waals surface area contributed by atoms with Crippen LogP contribution in [0.3, 0.4) is 0 Å². The summed E-state index contributed by atoms with van der Waals surface area (Å²) < 4.78 is 16.6. The van der Waals surface area contributed by atoms with Crippen LogP contribution in [0, 0.1) is 0 Å². The third kappa shape index (κ3) is 4.22. The summed E-state index contributed by atoms with van der Waals surface area (Å²) in [6.07, 6.45) is 6.08. The molecule has 0 saturated carbocycles. The average molecular weight is 305 g/mol. The number of fused-ring (bicyclic) bond motifs is 1. The number of aryl methyl sites for hydroxylation is 1. The Morgan fingerprint density at radius 1 is 1.27 bits per heavy atom. The van der Waals surface area contributed by atoms with Gasteiger partial charge in [-0.25, -0.2) is 0 Å². The first kappa shape index (κ1) is 15.8. The average Bonchev–Trinajstić information content (AvgIpc) is 3.07. The van der Waals surface area contributed by atoms with Crippen LogP contribution in [-0.2, 0) is 22.3 Å². The fourth-order valence-corrected chi connectivity index (χ4v) is 3.36. The molecule has 0 bridgehead atoms. The zero-order valence-electron chi connectivity index (χ0n) is 13.5. The Kier molecular flexibility index (Phi) is 5.70. The summed E-state index contributed by atoms with van der Waals surface area (Å²) in [5, 5.41) is 3.62. The van der Waals surface area contributed by atoms with Gasteiger partial charge in [0.1, 0.15) is 5.75 Å². The Hall–Kier alpha value is -1.10. The maximum atomic E-state index is 5.71. The topological polar surface area (TPSA) is 39.7 Å². The van der Waals surface area contributed by atoms with E-state index in [1.165, 1.54) is 24.0 Å². The Morgan fingerprint density at radius 3 is 3.05 bits per heavy atom. The first-order valence-electron chi connectivity index (χ1n) is 8.43. The van der Waals surface area contributed by atoms with E-state index in [0.717, 1.165) is 51.4 Å². The Bertz CT molecular complexity index is 471. The van der Waals surface area contributed by atoms with Gasteiger partial charge in [-0.05, 0) is 55.4 Å². The van der Waals surface area contributed by atoms with Gasteiger partial charge in [-0.2, -0.15) is 0 Å². The lowest BCUT2D eigenvalue weighted by atomic mass is 9.88. The molecular weight excluding hydrogens is 278 g/mol. The van der Waals surface area contributed by atoms with Gasteiger partial charge in [0.25, 0.3) is 0 Å². The highest BCUT2D eigenvalue weighted by Gasteiger charge is 2.19. The Labute approximate surface area is 133 Å². The molecule has 0 radical (unpaired) electrons. The predicted octanol–water partition coefficient (Wildman–Crippen LogP) is 2.34. The molecule has 0 aromatic heterocycles. The number of methoxy groups -OCH3 is 1. The molecule has 1 fully saturated rings. The van der Waals surface area contributed by atoms with Crippen molar-refractivity contribution in [1.29, 1.82) is 0 Å². The predicted molar refractivity (Wildman–Crippen MR) is 86.6 cm³/mol. The Morgan fingerprint density at radius 2 is 2.23 bits per heavy atom. The summed E-state index contributed by atoms with van der Waals surface area (Å²) in [5.74, 6) is 0.958. The standard InChI is InChI=1S/C18H27NO3/c1-20-17-7-5-14-4-6-16(11-15(14)12-17)19-8-10-21-13-18-3-2-9-22-18/h5,7,12,16,18-19H,2-4,6,8-11,13H2,1H3/t16-,18+/m1/s1. The van der Waals surface area contributed by atoms with Gasteiger partial charge in [-0.1, -0.05) is 6.07 Å². The van der Waals surface area contributed by atoms with Crippen LogP contribution in [0.25, 0.3) is 0 Å². The summed E-state index contributed by atoms with van der Waals surface area (Å²) in [4.78, 5) is 0. The fraction of sp³-hybridized carbons (Fsp3) is 0.667. The lowest BCUT2D eigenvalue weighted by molar-refractivity contribution is 0.0177. The van der Waals surface area contributed by atoms with Gasteiger partial charge in [-0.3, -0.25) is 0 Å². The van der Waals surface area contributed by atoms with Crippen LogP contribution in [0.5, 0.6) is 5.75 Å². The van der Waals surface area contributed by atoms with E-state index in [1.807, 2.05) is 0 Å². The van der Waals surface area contributed by atoms with E-state index >= 15 is 0 Å². The summed E-state index contributed by atoms with van der Waals surface area (Å²) in [6, 6.07) is 6.99. The van der Waals surface area contributed by atoms with Gasteiger partial charge in [-0.15, -0.1) is 0 Å². The first-order valence-corrected chi connectivity index (χ1v) is 8.43. The van der Waals surface area contributed by atoms with Crippen LogP contribution in [0.1, 0.15) is 30.4 Å². The molecule has 122 valence electrons. The van der Waals surface area contributed by atoms with Crippen LogP contribution in [0.15, 0.2) is 18.2 Å². The number of hydrogen-bond acceptors (Lipinski definition) is 4. The molecule has 1 heterocycles. The van der Waals surface area contributed by atoms with Crippen molar-refractivity contribution in [2.45, 2.75) is 44.2 Å². The van der Waals surface area contributed by atoms with Crippen molar-refractivity contribution in [2.24, 2.45) is 0 Å². The second kappa shape index (κ2) is 7.95. The zero-order valence-corrected chi connectivity index (χ0v) is 13.5. The van der Waals surface area contributed by atoms with Crippen molar-refractivity contribution in [3.8, 4) is 5.75 Å². The maximum absolute atomic E-state index is 5.71. The molecule has 4 nitrogen and oxygen atoms in total. The van der Waals surface area contributed by atoms with E-state index in [9.17, 15) is 0 Å². The number of nitrogens with one attached hydrogen (secondary N) is 1. The molecule has 1 saturated heterocycles. The fourth-order valence-electron chi connectivity index (χ4n) is 3.36. The van der Waals surface area contributed by atoms with E-state index in [1.54, 1.807) is 7.11 Å². The number of hydrogen-bond donors (Lipinski definition) is 1. The minimum absolute atomic E-state index is 0.328. The molecule has 4 heteroatoms. The molecule has 1 aliphatic heterocycles. The highest BCUT2D eigenvalue weighted by molar-refractivity contribution is 5.37. The van der Waals surface area contributed by atoms with E-state index in [-0.39, 0.29) is 0 Å². The second-order valence-electron chi connectivity index (χ2n) is 6.24. The lowest BCUT2D eigenvalue weighted by Gasteiger charge is -2.26. The molecule has 0 unspecified atom stereocenters. The summed E-state index contributed by atoms with van der Waals surface area (Å²) in [7, 11) is 1.73. The van der Waals surface area contributed by atoms with Crippen molar-refractivity contribution in [3.05, 3.63) is 29.3 Å². The normalized spacial score (nSPS) is 24.2. The highest BCUT2D eigenvalue weighted by atomic mass is 16.5. The van der Waals surface area contributed by atoms with Gasteiger partial charge in [0.15, 0.2) is 0 Å². The van der Waals surface area contributed by atoms with Crippen molar-refractivity contribution in [2.75, 3.05) is 33.5 Å². The molecule has 1 aromatic rings. The van der Waals surface area contributed by atoms with Gasteiger partial charge in [0.2, 0.25) is 0 Å². The number of benzene rings is 1. The van der Waals surface area contributed by atoms with Crippen molar-refractivity contribution in [3.63, 3.8) is 0 Å². The maximum Gasteiger partial charge on any atom is 0.119 e. The monoisotopic (exact) mass is 305 g/mol. The molecule has 22 heavy (non-hydrogen) atoms. The molecule has 0 spiro atoms. The van der Waals surface area contributed by atoms with E-state index in [0.29, 0.717) is 12.1 Å². The van der Waals surface area contributed by atoms with E-state index < -0.39 is 0 Å². The van der Waals surface area contributed by atoms with Crippen LogP contribution in [-0.4, -0.2) is 45.6 Å². The van der Waals surface area contributed by atoms with Crippen LogP contribution < -0.4 is 10.1 Å². The molecule has 1 aliphatic carbocycles. The van der Waals surface area contributed by atoms with Gasteiger partial charge in [0, 0.05) is 19.2 Å². The number of rotatable bonds is 7. The lowest BCUT2D eigenvalue weighted by Crippen LogP contribution is -2.36. The van der Waals surface area contributed by atoms with Crippen molar-refractivity contribution < 1.29 is 14.2 Å². The SMILES string of the molecule is COc1ccc2c(c1)C[C@H](NCCOC[C@@H]1CCCO1)CC2. The third-order valence-corrected chi connectivity index (χ3v) is 4.65. The van der Waals surface area contributed by atoms with Crippen molar-refractivity contribution in [1.82, 2.24) is 5.32 Å². The summed E-state index contributed by atoms with van der Waals surface area (Å²) in [5.41, 5.74) is 2.89. The van der Waals surface area contributed by atoms with Crippen LogP contribution in [0.4, 0.5) is 0 Å². The summed E-state index contributed by atoms with van der Waals surface area (Å²) >= 11 is 0. The quantitative estimate of drug-likeness (QED) is 0.785. The van der Waals surface area contributed by atoms with Gasteiger partial charge in [0.05, 0.1) is 26.4 Å². The highest BCUT2D eigenvalue weighted by Crippen LogP contribution is 2.25. The van der Waals surface area contributed by atoms with E-state index in [2.05, 4.69) is 23.5 Å². The minimum atomic E-state index is 0.328. The largest absolute Gasteiger partial charge is 0.497 e. The van der Waals surface area contributed by atoms with E-state index in [4.69, 9.17) is 14.2 Å². The molecule has 3 rings (SSSR count). The Balaban J connectivity index is 1.36. The summed E-state index contributed by atoms with van der Waals surface area (Å²) in [6.45, 7) is 3.32. The van der Waals surface area contributed by atoms with Gasteiger partial charge < -0.3 is 19.5 Å². The molecular formula is C18H27NO3. The zero-order chi connectivity index (χ0) is 15.2. The molecule has 0 amide bonds. The minimum Gasteiger partial charge on any atom is -0.497 e. The molecule has 1 N–H and O–H groups in total. The molecule has 2 atom stereocenters. The molecule has 1 aromatic carbocycles. The van der Waals surface area contributed by atoms with Gasteiger partial charge >= 0.3 is 0 Å². The number of ether oxygens (including phenoxy) is 3. The van der Waals surface area contributed by atoms with Crippen LogP contribution >= 0.6 is 0 Å². The third-order valence-electron chi connectivity index (χ3n) is 4.65.